The molecule has 3 aromatic carbocycles. The second-order valence-corrected chi connectivity index (χ2v) is 5.44. The van der Waals surface area contributed by atoms with Gasteiger partial charge in [0.2, 0.25) is 0 Å². The molecule has 100 valence electrons. The van der Waals surface area contributed by atoms with Gasteiger partial charge < -0.3 is 15.1 Å². The first-order valence-electron chi connectivity index (χ1n) is 6.95. The summed E-state index contributed by atoms with van der Waals surface area (Å²) in [5.41, 5.74) is 4.42. The lowest BCUT2D eigenvalue weighted by Gasteiger charge is -1.95. The highest BCUT2D eigenvalue weighted by molar-refractivity contribution is 6.24. The summed E-state index contributed by atoms with van der Waals surface area (Å²) in [5, 5.41) is 14.3. The van der Waals surface area contributed by atoms with Crippen LogP contribution in [0.4, 0.5) is 0 Å². The summed E-state index contributed by atoms with van der Waals surface area (Å²) >= 11 is 0. The van der Waals surface area contributed by atoms with E-state index in [4.69, 9.17) is 0 Å². The Hall–Kier alpha value is -2.94. The maximum atomic E-state index is 9.73. The number of hydrogen-bond donors (Lipinski definition) is 3. The number of phenols is 1. The normalized spacial score (nSPS) is 12.0. The first-order chi connectivity index (χ1) is 10.3. The van der Waals surface area contributed by atoms with Crippen LogP contribution < -0.4 is 0 Å². The third-order valence-corrected chi connectivity index (χ3v) is 4.22. The van der Waals surface area contributed by atoms with Crippen molar-refractivity contribution in [3.8, 4) is 5.75 Å². The SMILES string of the molecule is Oc1ccc2[nH]c3c(ccc4[nH]c5ccccc5c43)c2c1. The summed E-state index contributed by atoms with van der Waals surface area (Å²) in [6.45, 7) is 0. The molecule has 0 aliphatic carbocycles. The van der Waals surface area contributed by atoms with E-state index in [0.717, 1.165) is 32.8 Å². The fourth-order valence-corrected chi connectivity index (χ4v) is 3.29. The van der Waals surface area contributed by atoms with E-state index in [9.17, 15) is 5.11 Å². The molecule has 2 heterocycles. The molecule has 0 aliphatic rings. The predicted molar refractivity (Wildman–Crippen MR) is 86.8 cm³/mol. The van der Waals surface area contributed by atoms with Crippen LogP contribution >= 0.6 is 0 Å². The molecular weight excluding hydrogens is 260 g/mol. The first-order valence-corrected chi connectivity index (χ1v) is 6.95. The molecule has 0 saturated carbocycles. The van der Waals surface area contributed by atoms with E-state index in [1.165, 1.54) is 10.8 Å². The lowest BCUT2D eigenvalue weighted by molar-refractivity contribution is 0.476. The summed E-state index contributed by atoms with van der Waals surface area (Å²) in [4.78, 5) is 6.95. The van der Waals surface area contributed by atoms with Gasteiger partial charge in [0.05, 0.1) is 5.52 Å². The van der Waals surface area contributed by atoms with Crippen molar-refractivity contribution in [2.75, 3.05) is 0 Å². The molecule has 0 aliphatic heterocycles. The van der Waals surface area contributed by atoms with Crippen molar-refractivity contribution in [2.45, 2.75) is 0 Å². The Bertz CT molecular complexity index is 1150. The molecule has 5 aromatic rings. The highest BCUT2D eigenvalue weighted by Gasteiger charge is 2.12. The Morgan fingerprint density at radius 3 is 2.43 bits per heavy atom. The molecule has 0 spiro atoms. The minimum Gasteiger partial charge on any atom is -0.508 e. The number of aromatic amines is 2. The van der Waals surface area contributed by atoms with E-state index in [1.54, 1.807) is 6.07 Å². The van der Waals surface area contributed by atoms with Crippen molar-refractivity contribution in [3.05, 3.63) is 54.6 Å². The molecule has 21 heavy (non-hydrogen) atoms. The Balaban J connectivity index is 2.10. The molecule has 0 bridgehead atoms. The van der Waals surface area contributed by atoms with Crippen LogP contribution in [0.5, 0.6) is 5.75 Å². The van der Waals surface area contributed by atoms with Crippen LogP contribution in [0.15, 0.2) is 54.6 Å². The van der Waals surface area contributed by atoms with Gasteiger partial charge in [-0.05, 0) is 30.3 Å². The van der Waals surface area contributed by atoms with Crippen LogP contribution in [0.1, 0.15) is 0 Å². The number of benzene rings is 3. The minimum atomic E-state index is 0.294. The summed E-state index contributed by atoms with van der Waals surface area (Å²) in [6.07, 6.45) is 0. The van der Waals surface area contributed by atoms with Gasteiger partial charge in [-0.25, -0.2) is 0 Å². The van der Waals surface area contributed by atoms with Crippen LogP contribution in [0.3, 0.4) is 0 Å². The van der Waals surface area contributed by atoms with Crippen LogP contribution in [0.2, 0.25) is 0 Å². The Labute approximate surface area is 119 Å². The standard InChI is InChI=1S/C18H12N2O/c21-10-5-7-15-13(9-10)11-6-8-16-17(18(11)20-15)12-3-1-2-4-14(12)19-16/h1-9,19-21H. The molecule has 0 amide bonds. The van der Waals surface area contributed by atoms with Crippen LogP contribution in [0, 0.1) is 0 Å². The molecule has 2 aromatic heterocycles. The summed E-state index contributed by atoms with van der Waals surface area (Å²) in [6, 6.07) is 18.0. The zero-order valence-electron chi connectivity index (χ0n) is 11.1. The fourth-order valence-electron chi connectivity index (χ4n) is 3.29. The number of phenolic OH excluding ortho intramolecular Hbond substituents is 1. The number of aromatic nitrogens is 2. The number of para-hydroxylation sites is 1. The topological polar surface area (TPSA) is 51.8 Å². The van der Waals surface area contributed by atoms with Crippen molar-refractivity contribution in [2.24, 2.45) is 0 Å². The van der Waals surface area contributed by atoms with Gasteiger partial charge in [0.15, 0.2) is 0 Å². The quantitative estimate of drug-likeness (QED) is 0.377. The van der Waals surface area contributed by atoms with Gasteiger partial charge in [0.1, 0.15) is 5.75 Å². The number of hydrogen-bond acceptors (Lipinski definition) is 1. The maximum absolute atomic E-state index is 9.73. The molecule has 5 rings (SSSR count). The lowest BCUT2D eigenvalue weighted by Crippen LogP contribution is -1.71. The fraction of sp³-hybridized carbons (Fsp3) is 0. The number of rotatable bonds is 0. The third-order valence-electron chi connectivity index (χ3n) is 4.22. The van der Waals surface area contributed by atoms with E-state index < -0.39 is 0 Å². The molecular formula is C18H12N2O. The second-order valence-electron chi connectivity index (χ2n) is 5.44. The van der Waals surface area contributed by atoms with Gasteiger partial charge in [0.25, 0.3) is 0 Å². The van der Waals surface area contributed by atoms with Crippen molar-refractivity contribution in [3.63, 3.8) is 0 Å². The van der Waals surface area contributed by atoms with E-state index in [1.807, 2.05) is 18.2 Å². The average molecular weight is 272 g/mol. The van der Waals surface area contributed by atoms with Gasteiger partial charge in [0, 0.05) is 38.1 Å². The smallest absolute Gasteiger partial charge is 0.116 e. The number of H-pyrrole nitrogens is 2. The highest BCUT2D eigenvalue weighted by atomic mass is 16.3. The summed E-state index contributed by atoms with van der Waals surface area (Å²) in [7, 11) is 0. The van der Waals surface area contributed by atoms with Crippen LogP contribution in [0.25, 0.3) is 43.6 Å². The summed E-state index contributed by atoms with van der Waals surface area (Å²) < 4.78 is 0. The van der Waals surface area contributed by atoms with Gasteiger partial charge in [-0.3, -0.25) is 0 Å². The van der Waals surface area contributed by atoms with Crippen LogP contribution in [-0.2, 0) is 0 Å². The number of nitrogens with one attached hydrogen (secondary N) is 2. The number of fused-ring (bicyclic) bond motifs is 7. The van der Waals surface area contributed by atoms with E-state index in [0.29, 0.717) is 5.75 Å². The molecule has 3 heteroatoms. The third kappa shape index (κ3) is 1.32. The average Bonchev–Trinajstić information content (AvgIpc) is 3.04. The second kappa shape index (κ2) is 3.58. The van der Waals surface area contributed by atoms with Gasteiger partial charge >= 0.3 is 0 Å². The first kappa shape index (κ1) is 10.8. The largest absolute Gasteiger partial charge is 0.508 e. The Morgan fingerprint density at radius 2 is 1.48 bits per heavy atom. The molecule has 0 saturated heterocycles. The van der Waals surface area contributed by atoms with Crippen molar-refractivity contribution < 1.29 is 5.11 Å². The van der Waals surface area contributed by atoms with Crippen molar-refractivity contribution in [1.82, 2.24) is 9.97 Å². The van der Waals surface area contributed by atoms with Crippen molar-refractivity contribution in [1.29, 1.82) is 0 Å². The lowest BCUT2D eigenvalue weighted by atomic mass is 10.1. The molecule has 0 fully saturated rings. The number of aromatic hydroxyl groups is 1. The Kier molecular flexibility index (Phi) is 1.84. The molecule has 0 unspecified atom stereocenters. The molecule has 3 nitrogen and oxygen atoms in total. The van der Waals surface area contributed by atoms with E-state index in [2.05, 4.69) is 40.3 Å². The maximum Gasteiger partial charge on any atom is 0.116 e. The molecule has 0 atom stereocenters. The monoisotopic (exact) mass is 272 g/mol. The van der Waals surface area contributed by atoms with Crippen LogP contribution in [-0.4, -0.2) is 15.1 Å². The molecule has 0 radical (unpaired) electrons. The van der Waals surface area contributed by atoms with Gasteiger partial charge in [-0.2, -0.15) is 0 Å². The minimum absolute atomic E-state index is 0.294. The summed E-state index contributed by atoms with van der Waals surface area (Å²) in [5.74, 6) is 0.294. The van der Waals surface area contributed by atoms with Gasteiger partial charge in [-0.15, -0.1) is 0 Å². The predicted octanol–water partition coefficient (Wildman–Crippen LogP) is 4.66. The van der Waals surface area contributed by atoms with E-state index in [-0.39, 0.29) is 0 Å². The van der Waals surface area contributed by atoms with Crippen molar-refractivity contribution >= 4 is 43.6 Å². The zero-order valence-corrected chi connectivity index (χ0v) is 11.1. The van der Waals surface area contributed by atoms with Gasteiger partial charge in [-0.1, -0.05) is 24.3 Å². The molecule has 3 N–H and O–H groups in total. The highest BCUT2D eigenvalue weighted by Crippen LogP contribution is 2.36. The zero-order chi connectivity index (χ0) is 14.0. The Morgan fingerprint density at radius 1 is 0.667 bits per heavy atom. The van der Waals surface area contributed by atoms with E-state index >= 15 is 0 Å².